The van der Waals surface area contributed by atoms with Gasteiger partial charge in [-0.25, -0.2) is 0 Å². The molecule has 0 aliphatic carbocycles. The van der Waals surface area contributed by atoms with E-state index in [2.05, 4.69) is 0 Å². The van der Waals surface area contributed by atoms with Crippen LogP contribution < -0.4 is 0 Å². The van der Waals surface area contributed by atoms with Crippen molar-refractivity contribution in [1.82, 2.24) is 0 Å². The second-order valence-electron chi connectivity index (χ2n) is 1.76. The van der Waals surface area contributed by atoms with Crippen LogP contribution in [-0.2, 0) is 4.79 Å². The Labute approximate surface area is 74.9 Å². The number of alkyl halides is 2. The van der Waals surface area contributed by atoms with Crippen LogP contribution in [0.1, 0.15) is 12.8 Å². The average molecular weight is 201 g/mol. The standard InChI is InChI=1S/C6H7Cl3O/c7-4-3-6(8,9)2-1-5-10/h3-5H,1-2H2/b4-3-. The molecular formula is C6H7Cl3O. The van der Waals surface area contributed by atoms with Gasteiger partial charge in [0.05, 0.1) is 0 Å². The fourth-order valence-corrected chi connectivity index (χ4v) is 1.12. The summed E-state index contributed by atoms with van der Waals surface area (Å²) in [5.74, 6) is 0. The van der Waals surface area contributed by atoms with Crippen molar-refractivity contribution in [3.05, 3.63) is 11.6 Å². The van der Waals surface area contributed by atoms with Gasteiger partial charge in [-0.2, -0.15) is 0 Å². The summed E-state index contributed by atoms with van der Waals surface area (Å²) < 4.78 is -0.997. The number of rotatable bonds is 4. The van der Waals surface area contributed by atoms with E-state index in [-0.39, 0.29) is 0 Å². The van der Waals surface area contributed by atoms with E-state index in [1.807, 2.05) is 0 Å². The lowest BCUT2D eigenvalue weighted by molar-refractivity contribution is -0.107. The molecular weight excluding hydrogens is 194 g/mol. The van der Waals surface area contributed by atoms with Gasteiger partial charge in [-0.1, -0.05) is 34.8 Å². The third-order valence-electron chi connectivity index (χ3n) is 0.902. The minimum absolute atomic E-state index is 0.341. The van der Waals surface area contributed by atoms with Crippen LogP contribution in [0.2, 0.25) is 0 Å². The van der Waals surface area contributed by atoms with Crippen molar-refractivity contribution < 1.29 is 4.79 Å². The first-order chi connectivity index (χ1) is 4.62. The maximum absolute atomic E-state index is 9.88. The number of hydrogen-bond acceptors (Lipinski definition) is 1. The molecule has 0 aromatic rings. The monoisotopic (exact) mass is 200 g/mol. The summed E-state index contributed by atoms with van der Waals surface area (Å²) in [7, 11) is 0. The molecule has 0 N–H and O–H groups in total. The van der Waals surface area contributed by atoms with Crippen LogP contribution in [0.5, 0.6) is 0 Å². The molecule has 0 unspecified atom stereocenters. The molecule has 10 heavy (non-hydrogen) atoms. The van der Waals surface area contributed by atoms with Crippen LogP contribution in [0.15, 0.2) is 11.6 Å². The predicted octanol–water partition coefficient (Wildman–Crippen LogP) is 2.89. The van der Waals surface area contributed by atoms with E-state index in [4.69, 9.17) is 34.8 Å². The van der Waals surface area contributed by atoms with Crippen molar-refractivity contribution in [2.24, 2.45) is 0 Å². The number of aldehydes is 1. The Balaban J connectivity index is 3.73. The molecule has 0 spiro atoms. The predicted molar refractivity (Wildman–Crippen MR) is 44.7 cm³/mol. The summed E-state index contributed by atoms with van der Waals surface area (Å²) in [5, 5.41) is 0. The van der Waals surface area contributed by atoms with E-state index >= 15 is 0 Å². The van der Waals surface area contributed by atoms with Crippen molar-refractivity contribution in [2.45, 2.75) is 17.2 Å². The van der Waals surface area contributed by atoms with Gasteiger partial charge < -0.3 is 4.79 Å². The third kappa shape index (κ3) is 5.10. The van der Waals surface area contributed by atoms with Gasteiger partial charge in [-0.3, -0.25) is 0 Å². The van der Waals surface area contributed by atoms with Gasteiger partial charge in [0.15, 0.2) is 0 Å². The molecule has 0 aromatic carbocycles. The fourth-order valence-electron chi connectivity index (χ4n) is 0.427. The first-order valence-electron chi connectivity index (χ1n) is 2.72. The zero-order valence-corrected chi connectivity index (χ0v) is 7.46. The molecule has 0 heterocycles. The maximum Gasteiger partial charge on any atom is 0.137 e. The molecule has 0 saturated carbocycles. The molecule has 0 aromatic heterocycles. The largest absolute Gasteiger partial charge is 0.303 e. The van der Waals surface area contributed by atoms with Gasteiger partial charge in [-0.15, -0.1) is 0 Å². The molecule has 1 nitrogen and oxygen atoms in total. The fraction of sp³-hybridized carbons (Fsp3) is 0.500. The third-order valence-corrected chi connectivity index (χ3v) is 1.66. The number of carbonyl (C=O) groups is 1. The smallest absolute Gasteiger partial charge is 0.137 e. The Morgan fingerprint density at radius 3 is 2.40 bits per heavy atom. The summed E-state index contributed by atoms with van der Waals surface area (Å²) in [6, 6.07) is 0. The van der Waals surface area contributed by atoms with E-state index in [1.165, 1.54) is 11.6 Å². The zero-order valence-electron chi connectivity index (χ0n) is 5.19. The summed E-state index contributed by atoms with van der Waals surface area (Å²) in [4.78, 5) is 9.88. The number of hydrogen-bond donors (Lipinski definition) is 0. The average Bonchev–Trinajstić information content (AvgIpc) is 1.84. The lowest BCUT2D eigenvalue weighted by atomic mass is 10.2. The van der Waals surface area contributed by atoms with Crippen LogP contribution in [0.3, 0.4) is 0 Å². The molecule has 0 amide bonds. The number of allylic oxidation sites excluding steroid dienone is 1. The Bertz CT molecular complexity index is 131. The molecule has 0 fully saturated rings. The van der Waals surface area contributed by atoms with Gasteiger partial charge in [0.25, 0.3) is 0 Å². The lowest BCUT2D eigenvalue weighted by Crippen LogP contribution is -2.07. The van der Waals surface area contributed by atoms with Crippen molar-refractivity contribution in [3.8, 4) is 0 Å². The van der Waals surface area contributed by atoms with Gasteiger partial charge >= 0.3 is 0 Å². The van der Waals surface area contributed by atoms with Crippen LogP contribution in [0.25, 0.3) is 0 Å². The van der Waals surface area contributed by atoms with Gasteiger partial charge in [0, 0.05) is 12.0 Å². The van der Waals surface area contributed by atoms with Crippen molar-refractivity contribution >= 4 is 41.1 Å². The minimum atomic E-state index is -0.997. The Kier molecular flexibility index (Phi) is 5.14. The molecule has 58 valence electrons. The normalized spacial score (nSPS) is 12.3. The molecule has 0 atom stereocenters. The first kappa shape index (κ1) is 10.3. The Hall–Kier alpha value is 0.280. The summed E-state index contributed by atoms with van der Waals surface area (Å²) in [6.45, 7) is 0. The highest BCUT2D eigenvalue weighted by Gasteiger charge is 2.18. The highest BCUT2D eigenvalue weighted by atomic mass is 35.5. The van der Waals surface area contributed by atoms with E-state index < -0.39 is 4.33 Å². The molecule has 0 bridgehead atoms. The van der Waals surface area contributed by atoms with E-state index in [9.17, 15) is 4.79 Å². The van der Waals surface area contributed by atoms with Gasteiger partial charge in [0.2, 0.25) is 0 Å². The zero-order chi connectivity index (χ0) is 8.04. The van der Waals surface area contributed by atoms with Crippen LogP contribution >= 0.6 is 34.8 Å². The maximum atomic E-state index is 9.88. The summed E-state index contributed by atoms with van der Waals surface area (Å²) >= 11 is 16.5. The van der Waals surface area contributed by atoms with Crippen LogP contribution in [0, 0.1) is 0 Å². The molecule has 4 heteroatoms. The quantitative estimate of drug-likeness (QED) is 0.505. The highest BCUT2D eigenvalue weighted by Crippen LogP contribution is 2.28. The second-order valence-corrected chi connectivity index (χ2v) is 3.55. The van der Waals surface area contributed by atoms with Crippen LogP contribution in [-0.4, -0.2) is 10.6 Å². The number of carbonyl (C=O) groups excluding carboxylic acids is 1. The van der Waals surface area contributed by atoms with Crippen molar-refractivity contribution in [1.29, 1.82) is 0 Å². The number of halogens is 3. The molecule has 0 aliphatic rings. The molecule has 0 rings (SSSR count). The van der Waals surface area contributed by atoms with Gasteiger partial charge in [0.1, 0.15) is 10.6 Å². The van der Waals surface area contributed by atoms with Crippen molar-refractivity contribution in [3.63, 3.8) is 0 Å². The topological polar surface area (TPSA) is 17.1 Å². The van der Waals surface area contributed by atoms with Gasteiger partial charge in [-0.05, 0) is 12.5 Å². The summed E-state index contributed by atoms with van der Waals surface area (Å²) in [5.41, 5.74) is 1.24. The SMILES string of the molecule is O=CCCC(Cl)(Cl)/C=C\Cl. The van der Waals surface area contributed by atoms with E-state index in [0.29, 0.717) is 12.8 Å². The van der Waals surface area contributed by atoms with Crippen LogP contribution in [0.4, 0.5) is 0 Å². The minimum Gasteiger partial charge on any atom is -0.303 e. The molecule has 0 radical (unpaired) electrons. The van der Waals surface area contributed by atoms with Crippen molar-refractivity contribution in [2.75, 3.05) is 0 Å². The highest BCUT2D eigenvalue weighted by molar-refractivity contribution is 6.50. The van der Waals surface area contributed by atoms with E-state index in [0.717, 1.165) is 6.29 Å². The molecule has 0 aliphatic heterocycles. The first-order valence-corrected chi connectivity index (χ1v) is 3.91. The molecule has 0 saturated heterocycles. The lowest BCUT2D eigenvalue weighted by Gasteiger charge is -2.10. The second kappa shape index (κ2) is 5.00. The summed E-state index contributed by atoms with van der Waals surface area (Å²) in [6.07, 6.45) is 2.93. The Morgan fingerprint density at radius 1 is 1.40 bits per heavy atom. The van der Waals surface area contributed by atoms with E-state index in [1.54, 1.807) is 0 Å². The Morgan fingerprint density at radius 2 is 2.00 bits per heavy atom.